The predicted molar refractivity (Wildman–Crippen MR) is 63.9 cm³/mol. The van der Waals surface area contributed by atoms with E-state index in [0.29, 0.717) is 0 Å². The first-order chi connectivity index (χ1) is 7.39. The van der Waals surface area contributed by atoms with Crippen molar-refractivity contribution < 1.29 is 0 Å². The second-order valence-electron chi connectivity index (χ2n) is 6.22. The van der Waals surface area contributed by atoms with Crippen LogP contribution < -0.4 is 5.32 Å². The Morgan fingerprint density at radius 3 is 2.20 bits per heavy atom. The zero-order valence-electron chi connectivity index (χ0n) is 9.93. The fourth-order valence-electron chi connectivity index (χ4n) is 3.88. The van der Waals surface area contributed by atoms with Crippen molar-refractivity contribution in [3.63, 3.8) is 0 Å². The Bertz CT molecular complexity index is 213. The lowest BCUT2D eigenvalue weighted by Gasteiger charge is -2.53. The Labute approximate surface area is 94.0 Å². The van der Waals surface area contributed by atoms with Crippen molar-refractivity contribution in [3.05, 3.63) is 0 Å². The molecule has 3 saturated carbocycles. The number of hydrogen-bond acceptors (Lipinski definition) is 1. The van der Waals surface area contributed by atoms with Crippen molar-refractivity contribution in [2.45, 2.75) is 70.3 Å². The van der Waals surface area contributed by atoms with E-state index in [-0.39, 0.29) is 0 Å². The Kier molecular flexibility index (Phi) is 2.76. The third kappa shape index (κ3) is 1.84. The summed E-state index contributed by atoms with van der Waals surface area (Å²) in [6.45, 7) is 1.33. The van der Waals surface area contributed by atoms with Crippen LogP contribution in [0.25, 0.3) is 0 Å². The number of rotatable bonds is 3. The molecule has 3 rings (SSSR count). The molecule has 0 heterocycles. The molecule has 3 aliphatic carbocycles. The largest absolute Gasteiger partial charge is 0.313 e. The average Bonchev–Trinajstić information content (AvgIpc) is 2.21. The monoisotopic (exact) mass is 207 g/mol. The van der Waals surface area contributed by atoms with E-state index in [2.05, 4.69) is 5.32 Å². The summed E-state index contributed by atoms with van der Waals surface area (Å²) >= 11 is 0. The molecule has 0 bridgehead atoms. The molecule has 1 unspecified atom stereocenters. The summed E-state index contributed by atoms with van der Waals surface area (Å²) < 4.78 is 0. The highest BCUT2D eigenvalue weighted by atomic mass is 15.0. The Balaban J connectivity index is 1.48. The van der Waals surface area contributed by atoms with Crippen LogP contribution >= 0.6 is 0 Å². The molecule has 0 saturated heterocycles. The van der Waals surface area contributed by atoms with E-state index < -0.39 is 0 Å². The van der Waals surface area contributed by atoms with Gasteiger partial charge in [0, 0.05) is 6.04 Å². The molecule has 1 nitrogen and oxygen atoms in total. The SMILES string of the molecule is C1CCC2(CC1)CCC2NCC1CCC1. The van der Waals surface area contributed by atoms with E-state index in [1.807, 2.05) is 0 Å². The normalized spacial score (nSPS) is 34.8. The van der Waals surface area contributed by atoms with Gasteiger partial charge in [-0.05, 0) is 56.4 Å². The Morgan fingerprint density at radius 2 is 1.67 bits per heavy atom. The minimum Gasteiger partial charge on any atom is -0.313 e. The maximum absolute atomic E-state index is 3.88. The summed E-state index contributed by atoms with van der Waals surface area (Å²) in [6.07, 6.45) is 15.0. The summed E-state index contributed by atoms with van der Waals surface area (Å²) in [7, 11) is 0. The van der Waals surface area contributed by atoms with Gasteiger partial charge in [0.05, 0.1) is 0 Å². The van der Waals surface area contributed by atoms with Crippen LogP contribution in [0.1, 0.15) is 64.2 Å². The van der Waals surface area contributed by atoms with Gasteiger partial charge < -0.3 is 5.32 Å². The summed E-state index contributed by atoms with van der Waals surface area (Å²) in [5, 5.41) is 3.88. The van der Waals surface area contributed by atoms with Crippen LogP contribution in [0, 0.1) is 11.3 Å². The van der Waals surface area contributed by atoms with Gasteiger partial charge in [-0.15, -0.1) is 0 Å². The molecule has 15 heavy (non-hydrogen) atoms. The zero-order chi connectivity index (χ0) is 10.1. The molecule has 1 heteroatoms. The first-order valence-corrected chi connectivity index (χ1v) is 7.12. The molecule has 1 N–H and O–H groups in total. The highest BCUT2D eigenvalue weighted by Crippen LogP contribution is 2.51. The van der Waals surface area contributed by atoms with Gasteiger partial charge in [0.1, 0.15) is 0 Å². The second-order valence-corrected chi connectivity index (χ2v) is 6.22. The first-order valence-electron chi connectivity index (χ1n) is 7.12. The van der Waals surface area contributed by atoms with E-state index in [1.54, 1.807) is 0 Å². The topological polar surface area (TPSA) is 12.0 Å². The van der Waals surface area contributed by atoms with Crippen LogP contribution in [0.15, 0.2) is 0 Å². The van der Waals surface area contributed by atoms with Gasteiger partial charge in [-0.25, -0.2) is 0 Å². The first kappa shape index (κ1) is 10.1. The van der Waals surface area contributed by atoms with E-state index in [1.165, 1.54) is 70.8 Å². The zero-order valence-corrected chi connectivity index (χ0v) is 9.93. The van der Waals surface area contributed by atoms with Crippen molar-refractivity contribution in [1.29, 1.82) is 0 Å². The van der Waals surface area contributed by atoms with Gasteiger partial charge in [0.2, 0.25) is 0 Å². The van der Waals surface area contributed by atoms with Gasteiger partial charge in [-0.2, -0.15) is 0 Å². The molecule has 1 spiro atoms. The molecule has 3 fully saturated rings. The molecular formula is C14H25N. The molecule has 0 aromatic rings. The van der Waals surface area contributed by atoms with E-state index in [0.717, 1.165) is 17.4 Å². The molecule has 0 aliphatic heterocycles. The lowest BCUT2D eigenvalue weighted by Crippen LogP contribution is -2.55. The average molecular weight is 207 g/mol. The molecular weight excluding hydrogens is 182 g/mol. The molecule has 3 aliphatic rings. The summed E-state index contributed by atoms with van der Waals surface area (Å²) in [5.41, 5.74) is 0.766. The third-order valence-electron chi connectivity index (χ3n) is 5.40. The lowest BCUT2D eigenvalue weighted by atomic mass is 9.57. The van der Waals surface area contributed by atoms with Crippen molar-refractivity contribution in [2.24, 2.45) is 11.3 Å². The molecule has 1 atom stereocenters. The fourth-order valence-corrected chi connectivity index (χ4v) is 3.88. The van der Waals surface area contributed by atoms with Crippen molar-refractivity contribution in [2.75, 3.05) is 6.54 Å². The maximum Gasteiger partial charge on any atom is 0.0124 e. The second kappa shape index (κ2) is 4.08. The number of nitrogens with one attached hydrogen (secondary N) is 1. The summed E-state index contributed by atoms with van der Waals surface area (Å²) in [5.74, 6) is 1.03. The maximum atomic E-state index is 3.88. The Morgan fingerprint density at radius 1 is 0.867 bits per heavy atom. The molecule has 0 aromatic heterocycles. The van der Waals surface area contributed by atoms with Gasteiger partial charge in [-0.3, -0.25) is 0 Å². The van der Waals surface area contributed by atoms with E-state index in [4.69, 9.17) is 0 Å². The molecule has 0 amide bonds. The van der Waals surface area contributed by atoms with Crippen LogP contribution in [0.3, 0.4) is 0 Å². The van der Waals surface area contributed by atoms with Crippen LogP contribution in [-0.4, -0.2) is 12.6 Å². The van der Waals surface area contributed by atoms with Crippen LogP contribution in [-0.2, 0) is 0 Å². The van der Waals surface area contributed by atoms with Gasteiger partial charge in [0.15, 0.2) is 0 Å². The molecule has 0 aromatic carbocycles. The summed E-state index contributed by atoms with van der Waals surface area (Å²) in [4.78, 5) is 0. The standard InChI is InChI=1S/C14H25N/c1-2-8-14(9-3-1)10-7-13(14)15-11-12-5-4-6-12/h12-13,15H,1-11H2. The molecule has 86 valence electrons. The van der Waals surface area contributed by atoms with Gasteiger partial charge in [-0.1, -0.05) is 25.7 Å². The van der Waals surface area contributed by atoms with Crippen LogP contribution in [0.5, 0.6) is 0 Å². The number of hydrogen-bond donors (Lipinski definition) is 1. The van der Waals surface area contributed by atoms with E-state index >= 15 is 0 Å². The third-order valence-corrected chi connectivity index (χ3v) is 5.40. The highest BCUT2D eigenvalue weighted by molar-refractivity contribution is 5.01. The van der Waals surface area contributed by atoms with Crippen molar-refractivity contribution >= 4 is 0 Å². The van der Waals surface area contributed by atoms with E-state index in [9.17, 15) is 0 Å². The van der Waals surface area contributed by atoms with Crippen LogP contribution in [0.4, 0.5) is 0 Å². The smallest absolute Gasteiger partial charge is 0.0124 e. The quantitative estimate of drug-likeness (QED) is 0.747. The van der Waals surface area contributed by atoms with Crippen molar-refractivity contribution in [3.8, 4) is 0 Å². The van der Waals surface area contributed by atoms with Crippen LogP contribution in [0.2, 0.25) is 0 Å². The van der Waals surface area contributed by atoms with Gasteiger partial charge >= 0.3 is 0 Å². The summed E-state index contributed by atoms with van der Waals surface area (Å²) in [6, 6.07) is 0.901. The lowest BCUT2D eigenvalue weighted by molar-refractivity contribution is 0.0189. The van der Waals surface area contributed by atoms with Crippen molar-refractivity contribution in [1.82, 2.24) is 5.32 Å². The minimum absolute atomic E-state index is 0.766. The Hall–Kier alpha value is -0.0400. The predicted octanol–water partition coefficient (Wildman–Crippen LogP) is 3.49. The fraction of sp³-hybridized carbons (Fsp3) is 1.00. The van der Waals surface area contributed by atoms with Gasteiger partial charge in [0.25, 0.3) is 0 Å². The minimum atomic E-state index is 0.766. The highest BCUT2D eigenvalue weighted by Gasteiger charge is 2.46. The molecule has 0 radical (unpaired) electrons.